The van der Waals surface area contributed by atoms with Crippen LogP contribution in [0.3, 0.4) is 0 Å². The third kappa shape index (κ3) is 19.2. The molecule has 0 heterocycles. The summed E-state index contributed by atoms with van der Waals surface area (Å²) < 4.78 is 0. The quantitative estimate of drug-likeness (QED) is 0.444. The predicted octanol–water partition coefficient (Wildman–Crippen LogP) is 1.31. The molecule has 0 radical (unpaired) electrons. The Hall–Kier alpha value is -1.34. The fourth-order valence-electron chi connectivity index (χ4n) is 0.564. The fraction of sp³-hybridized carbons (Fsp3) is 0. The molecule has 0 N–H and O–H groups in total. The van der Waals surface area contributed by atoms with Crippen molar-refractivity contribution in [2.75, 3.05) is 0 Å². The molecule has 0 aliphatic heterocycles. The molecule has 15 heavy (non-hydrogen) atoms. The molecule has 0 amide bonds. The monoisotopic (exact) mass is 288 g/mol. The average molecular weight is 286 g/mol. The molecule has 1 aromatic rings. The standard InChI is InChI=1S/C8H7.3CHO.Mo/c1-2-8-6-4-3-5-7-8;3*1-2;/h1-7H;3*1H;/q4*-1;+4. The molecule has 0 aliphatic carbocycles. The van der Waals surface area contributed by atoms with Crippen molar-refractivity contribution < 1.29 is 35.4 Å². The van der Waals surface area contributed by atoms with Gasteiger partial charge in [0.15, 0.2) is 0 Å². The zero-order chi connectivity index (χ0) is 11.8. The van der Waals surface area contributed by atoms with Crippen molar-refractivity contribution >= 4 is 26.4 Å². The van der Waals surface area contributed by atoms with Gasteiger partial charge < -0.3 is 14.4 Å². The van der Waals surface area contributed by atoms with E-state index in [9.17, 15) is 0 Å². The molecule has 0 fully saturated rings. The van der Waals surface area contributed by atoms with Gasteiger partial charge in [0.05, 0.1) is 0 Å². The molecule has 0 bridgehead atoms. The van der Waals surface area contributed by atoms with Crippen molar-refractivity contribution in [3.63, 3.8) is 0 Å². The Labute approximate surface area is 104 Å². The molecule has 0 unspecified atom stereocenters. The maximum Gasteiger partial charge on any atom is 4.00 e. The third-order valence-corrected chi connectivity index (χ3v) is 0.992. The second-order valence-electron chi connectivity index (χ2n) is 1.58. The molecule has 0 saturated heterocycles. The van der Waals surface area contributed by atoms with Crippen molar-refractivity contribution in [3.8, 4) is 0 Å². The molecular weight excluding hydrogens is 276 g/mol. The molecule has 1 aromatic carbocycles. The van der Waals surface area contributed by atoms with E-state index in [0.717, 1.165) is 5.56 Å². The van der Waals surface area contributed by atoms with Crippen LogP contribution in [0.1, 0.15) is 5.56 Å². The first-order valence-electron chi connectivity index (χ1n) is 3.24. The summed E-state index contributed by atoms with van der Waals surface area (Å²) in [4.78, 5) is 23.2. The minimum atomic E-state index is 0. The van der Waals surface area contributed by atoms with Crippen LogP contribution in [0.15, 0.2) is 30.3 Å². The zero-order valence-corrected chi connectivity index (χ0v) is 9.91. The summed E-state index contributed by atoms with van der Waals surface area (Å²) >= 11 is 0. The smallest absolute Gasteiger partial charge is 0.545 e. The fourth-order valence-corrected chi connectivity index (χ4v) is 0.564. The largest absolute Gasteiger partial charge is 4.00 e. The van der Waals surface area contributed by atoms with E-state index in [2.05, 4.69) is 20.4 Å². The molecule has 0 saturated carbocycles. The first-order valence-corrected chi connectivity index (χ1v) is 3.24. The summed E-state index contributed by atoms with van der Waals surface area (Å²) in [7, 11) is 0. The summed E-state index contributed by atoms with van der Waals surface area (Å²) in [5.74, 6) is 0. The summed E-state index contributed by atoms with van der Waals surface area (Å²) in [6.07, 6.45) is 1.58. The van der Waals surface area contributed by atoms with Gasteiger partial charge in [-0.05, 0) is 0 Å². The maximum absolute atomic E-state index is 7.75. The zero-order valence-electron chi connectivity index (χ0n) is 7.91. The number of carbonyl (C=O) groups excluding carboxylic acids is 3. The van der Waals surface area contributed by atoms with Gasteiger partial charge in [0.1, 0.15) is 0 Å². The van der Waals surface area contributed by atoms with Gasteiger partial charge in [-0.2, -0.15) is 5.56 Å². The van der Waals surface area contributed by atoms with E-state index in [1.54, 1.807) is 6.08 Å². The van der Waals surface area contributed by atoms with Crippen molar-refractivity contribution in [1.82, 2.24) is 0 Å². The molecule has 4 heteroatoms. The van der Waals surface area contributed by atoms with Crippen LogP contribution in [0, 0.1) is 6.58 Å². The Morgan fingerprint density at radius 3 is 1.33 bits per heavy atom. The predicted molar refractivity (Wildman–Crippen MR) is 55.5 cm³/mol. The van der Waals surface area contributed by atoms with Gasteiger partial charge in [-0.3, -0.25) is 26.9 Å². The van der Waals surface area contributed by atoms with Gasteiger partial charge in [0.2, 0.25) is 0 Å². The van der Waals surface area contributed by atoms with Crippen molar-refractivity contribution in [2.45, 2.75) is 0 Å². The van der Waals surface area contributed by atoms with Crippen LogP contribution < -0.4 is 0 Å². The molecule has 0 spiro atoms. The topological polar surface area (TPSA) is 51.2 Å². The van der Waals surface area contributed by atoms with Crippen LogP contribution in [0.4, 0.5) is 0 Å². The Kier molecular flexibility index (Phi) is 45.9. The molecule has 0 aliphatic rings. The van der Waals surface area contributed by atoms with Gasteiger partial charge in [-0.15, -0.1) is 12.1 Å². The molecule has 1 rings (SSSR count). The number of rotatable bonds is 1. The molecule has 78 valence electrons. The van der Waals surface area contributed by atoms with Crippen LogP contribution in [0.2, 0.25) is 0 Å². The summed E-state index contributed by atoms with van der Waals surface area (Å²) in [5.41, 5.74) is 1.06. The van der Waals surface area contributed by atoms with Crippen LogP contribution in [0.25, 0.3) is 6.08 Å². The van der Waals surface area contributed by atoms with Gasteiger partial charge >= 0.3 is 21.1 Å². The van der Waals surface area contributed by atoms with E-state index >= 15 is 0 Å². The summed E-state index contributed by atoms with van der Waals surface area (Å²) in [6, 6.07) is 9.80. The van der Waals surface area contributed by atoms with Crippen molar-refractivity contribution in [1.29, 1.82) is 0 Å². The van der Waals surface area contributed by atoms with E-state index in [1.807, 2.05) is 30.3 Å². The Bertz CT molecular complexity index is 210. The van der Waals surface area contributed by atoms with Crippen molar-refractivity contribution in [3.05, 3.63) is 42.5 Å². The maximum atomic E-state index is 7.75. The average Bonchev–Trinajstić information content (AvgIpc) is 2.37. The first kappa shape index (κ1) is 23.5. The second-order valence-corrected chi connectivity index (χ2v) is 1.58. The van der Waals surface area contributed by atoms with E-state index < -0.39 is 0 Å². The minimum Gasteiger partial charge on any atom is -0.545 e. The van der Waals surface area contributed by atoms with Gasteiger partial charge in [0.25, 0.3) is 0 Å². The Morgan fingerprint density at radius 1 is 0.800 bits per heavy atom. The second kappa shape index (κ2) is 29.3. The SMILES string of the molecule is [CH-]=Cc1ccccc1.[CH-]=O.[CH-]=O.[CH-]=O.[Mo+4]. The third-order valence-electron chi connectivity index (χ3n) is 0.992. The van der Waals surface area contributed by atoms with E-state index in [-0.39, 0.29) is 21.1 Å². The van der Waals surface area contributed by atoms with E-state index in [0.29, 0.717) is 0 Å². The Balaban J connectivity index is -0.0000000755. The van der Waals surface area contributed by atoms with Crippen molar-refractivity contribution in [2.24, 2.45) is 0 Å². The molecule has 3 nitrogen and oxygen atoms in total. The van der Waals surface area contributed by atoms with Gasteiger partial charge in [0, 0.05) is 0 Å². The molecule has 0 atom stereocenters. The normalized spacial score (nSPS) is 5.33. The van der Waals surface area contributed by atoms with Gasteiger partial charge in [-0.25, -0.2) is 6.08 Å². The van der Waals surface area contributed by atoms with E-state index in [4.69, 9.17) is 21.0 Å². The van der Waals surface area contributed by atoms with Gasteiger partial charge in [-0.1, -0.05) is 18.2 Å². The molecule has 0 aromatic heterocycles. The number of benzene rings is 1. The minimum absolute atomic E-state index is 0. The van der Waals surface area contributed by atoms with Crippen LogP contribution in [-0.4, -0.2) is 20.4 Å². The van der Waals surface area contributed by atoms with Crippen LogP contribution in [-0.2, 0) is 35.4 Å². The van der Waals surface area contributed by atoms with Crippen LogP contribution in [0.5, 0.6) is 0 Å². The summed E-state index contributed by atoms with van der Waals surface area (Å²) in [5, 5.41) is 0. The molecular formula is C11H10MoO3. The van der Waals surface area contributed by atoms with E-state index in [1.165, 1.54) is 0 Å². The number of hydrogen-bond donors (Lipinski definition) is 0. The first-order chi connectivity index (χ1) is 6.93. The van der Waals surface area contributed by atoms with Crippen LogP contribution >= 0.6 is 0 Å². The summed E-state index contributed by atoms with van der Waals surface area (Å²) in [6.45, 7) is 15.0. The Morgan fingerprint density at radius 2 is 1.13 bits per heavy atom. The number of hydrogen-bond acceptors (Lipinski definition) is 3.